The Morgan fingerprint density at radius 3 is 2.80 bits per heavy atom. The van der Waals surface area contributed by atoms with Crippen molar-refractivity contribution in [3.63, 3.8) is 0 Å². The van der Waals surface area contributed by atoms with Gasteiger partial charge in [0.15, 0.2) is 5.76 Å². The summed E-state index contributed by atoms with van der Waals surface area (Å²) in [7, 11) is 0. The van der Waals surface area contributed by atoms with E-state index in [1.54, 1.807) is 24.3 Å². The van der Waals surface area contributed by atoms with Crippen LogP contribution in [0, 0.1) is 5.82 Å². The van der Waals surface area contributed by atoms with Crippen molar-refractivity contribution in [1.29, 1.82) is 0 Å². The Balaban J connectivity index is 1.86. The first kappa shape index (κ1) is 17.2. The van der Waals surface area contributed by atoms with E-state index in [-0.39, 0.29) is 22.1 Å². The maximum absolute atomic E-state index is 13.9. The van der Waals surface area contributed by atoms with Crippen LogP contribution in [0.4, 0.5) is 4.39 Å². The number of carbonyl (C=O) groups excluding carboxylic acids is 1. The predicted octanol–water partition coefficient (Wildman–Crippen LogP) is 5.44. The van der Waals surface area contributed by atoms with Crippen LogP contribution in [0.1, 0.15) is 29.8 Å². The first-order chi connectivity index (χ1) is 12.0. The average Bonchev–Trinajstić information content (AvgIpc) is 2.86. The number of fused-ring (bicyclic) bond motifs is 1. The summed E-state index contributed by atoms with van der Waals surface area (Å²) < 4.78 is 25.1. The normalized spacial score (nSPS) is 14.2. The number of halogens is 2. The number of rotatable bonds is 4. The van der Waals surface area contributed by atoms with Crippen molar-refractivity contribution < 1.29 is 18.7 Å². The van der Waals surface area contributed by atoms with Crippen LogP contribution in [-0.2, 0) is 0 Å². The molecule has 5 heteroatoms. The fourth-order valence-electron chi connectivity index (χ4n) is 2.34. The third-order valence-corrected chi connectivity index (χ3v) is 3.99. The lowest BCUT2D eigenvalue weighted by molar-refractivity contribution is 0.101. The second kappa shape index (κ2) is 7.11. The topological polar surface area (TPSA) is 35.5 Å². The molecule has 0 aliphatic carbocycles. The zero-order chi connectivity index (χ0) is 18.0. The van der Waals surface area contributed by atoms with Crippen molar-refractivity contribution >= 4 is 23.5 Å². The minimum atomic E-state index is -0.516. The Morgan fingerprint density at radius 1 is 1.28 bits per heavy atom. The highest BCUT2D eigenvalue weighted by Gasteiger charge is 2.28. The number of carbonyl (C=O) groups is 1. The van der Waals surface area contributed by atoms with Gasteiger partial charge in [-0.25, -0.2) is 4.39 Å². The molecule has 2 aromatic rings. The second-order valence-electron chi connectivity index (χ2n) is 5.83. The van der Waals surface area contributed by atoms with E-state index in [4.69, 9.17) is 21.1 Å². The van der Waals surface area contributed by atoms with Crippen LogP contribution in [0.15, 0.2) is 53.8 Å². The monoisotopic (exact) mass is 358 g/mol. The van der Waals surface area contributed by atoms with Gasteiger partial charge in [-0.15, -0.1) is 0 Å². The highest BCUT2D eigenvalue weighted by Crippen LogP contribution is 2.35. The second-order valence-corrected chi connectivity index (χ2v) is 6.23. The Bertz CT molecular complexity index is 876. The molecule has 0 aromatic heterocycles. The van der Waals surface area contributed by atoms with E-state index in [0.29, 0.717) is 23.7 Å². The van der Waals surface area contributed by atoms with Gasteiger partial charge in [-0.3, -0.25) is 4.79 Å². The zero-order valence-corrected chi connectivity index (χ0v) is 14.6. The molecule has 0 spiro atoms. The molecule has 128 valence electrons. The van der Waals surface area contributed by atoms with Crippen molar-refractivity contribution in [2.75, 3.05) is 6.61 Å². The van der Waals surface area contributed by atoms with Gasteiger partial charge in [0.1, 0.15) is 23.9 Å². The molecule has 0 fully saturated rings. The molecule has 0 N–H and O–H groups in total. The molecule has 1 heterocycles. The van der Waals surface area contributed by atoms with Crippen LogP contribution < -0.4 is 9.47 Å². The minimum Gasteiger partial charge on any atom is -0.489 e. The highest BCUT2D eigenvalue weighted by molar-refractivity contribution is 6.32. The average molecular weight is 359 g/mol. The van der Waals surface area contributed by atoms with Gasteiger partial charge in [0.2, 0.25) is 5.78 Å². The number of allylic oxidation sites excluding steroid dienone is 2. The molecule has 3 nitrogen and oxygen atoms in total. The first-order valence-electron chi connectivity index (χ1n) is 7.74. The maximum atomic E-state index is 13.9. The summed E-state index contributed by atoms with van der Waals surface area (Å²) in [6, 6.07) is 9.33. The fourth-order valence-corrected chi connectivity index (χ4v) is 2.56. The van der Waals surface area contributed by atoms with Crippen molar-refractivity contribution in [2.24, 2.45) is 0 Å². The standard InChI is InChI=1S/C20H16ClFO3/c1-12(2)8-9-24-13-6-7-14-18(10-13)25-19(20(14)23)11-15-16(21)4-3-5-17(15)22/h3-8,10-11H,9H2,1-2H3. The van der Waals surface area contributed by atoms with E-state index in [2.05, 4.69) is 0 Å². The zero-order valence-electron chi connectivity index (χ0n) is 13.8. The quantitative estimate of drug-likeness (QED) is 0.539. The Labute approximate surface area is 150 Å². The Hall–Kier alpha value is -2.59. The van der Waals surface area contributed by atoms with Crippen LogP contribution in [0.25, 0.3) is 6.08 Å². The number of hydrogen-bond acceptors (Lipinski definition) is 3. The van der Waals surface area contributed by atoms with Crippen LogP contribution in [0.3, 0.4) is 0 Å². The third kappa shape index (κ3) is 3.74. The van der Waals surface area contributed by atoms with Gasteiger partial charge in [-0.05, 0) is 50.3 Å². The number of Topliss-reactive ketones (excluding diaryl/α,β-unsaturated/α-hetero) is 1. The molecule has 0 radical (unpaired) electrons. The smallest absolute Gasteiger partial charge is 0.231 e. The van der Waals surface area contributed by atoms with Gasteiger partial charge in [0, 0.05) is 11.6 Å². The molecule has 2 aromatic carbocycles. The molecule has 1 aliphatic rings. The minimum absolute atomic E-state index is 0.0310. The summed E-state index contributed by atoms with van der Waals surface area (Å²) >= 11 is 6.00. The SMILES string of the molecule is CC(C)=CCOc1ccc2c(c1)OC(=Cc1c(F)cccc1Cl)C2=O. The Morgan fingerprint density at radius 2 is 2.08 bits per heavy atom. The molecule has 25 heavy (non-hydrogen) atoms. The van der Waals surface area contributed by atoms with Crippen molar-refractivity contribution in [2.45, 2.75) is 13.8 Å². The van der Waals surface area contributed by atoms with Crippen LogP contribution >= 0.6 is 11.6 Å². The summed E-state index contributed by atoms with van der Waals surface area (Å²) in [5.74, 6) is 0.180. The number of hydrogen-bond donors (Lipinski definition) is 0. The van der Waals surface area contributed by atoms with E-state index in [1.807, 2.05) is 19.9 Å². The van der Waals surface area contributed by atoms with E-state index in [1.165, 1.54) is 18.2 Å². The third-order valence-electron chi connectivity index (χ3n) is 3.66. The molecule has 0 saturated carbocycles. The summed E-state index contributed by atoms with van der Waals surface area (Å²) in [5.41, 5.74) is 1.69. The Kier molecular flexibility index (Phi) is 4.91. The number of ether oxygens (including phenoxy) is 2. The lowest BCUT2D eigenvalue weighted by atomic mass is 10.1. The highest BCUT2D eigenvalue weighted by atomic mass is 35.5. The molecule has 0 saturated heterocycles. The van der Waals surface area contributed by atoms with Gasteiger partial charge in [-0.1, -0.05) is 23.2 Å². The molecule has 1 aliphatic heterocycles. The van der Waals surface area contributed by atoms with Gasteiger partial charge in [0.05, 0.1) is 10.6 Å². The van der Waals surface area contributed by atoms with Crippen LogP contribution in [0.5, 0.6) is 11.5 Å². The predicted molar refractivity (Wildman–Crippen MR) is 95.7 cm³/mol. The molecule has 0 amide bonds. The molecular formula is C20H16ClFO3. The molecule has 3 rings (SSSR count). The lowest BCUT2D eigenvalue weighted by Crippen LogP contribution is -1.99. The van der Waals surface area contributed by atoms with Crippen molar-refractivity contribution in [1.82, 2.24) is 0 Å². The lowest BCUT2D eigenvalue weighted by Gasteiger charge is -2.05. The van der Waals surface area contributed by atoms with Crippen molar-refractivity contribution in [3.05, 3.63) is 75.8 Å². The van der Waals surface area contributed by atoms with E-state index in [0.717, 1.165) is 5.57 Å². The maximum Gasteiger partial charge on any atom is 0.231 e. The first-order valence-corrected chi connectivity index (χ1v) is 8.12. The van der Waals surface area contributed by atoms with Crippen molar-refractivity contribution in [3.8, 4) is 11.5 Å². The van der Waals surface area contributed by atoms with E-state index < -0.39 is 5.82 Å². The fraction of sp³-hybridized carbons (Fsp3) is 0.150. The van der Waals surface area contributed by atoms with Gasteiger partial charge in [0.25, 0.3) is 0 Å². The van der Waals surface area contributed by atoms with Gasteiger partial charge in [-0.2, -0.15) is 0 Å². The molecule has 0 bridgehead atoms. The van der Waals surface area contributed by atoms with Crippen LogP contribution in [-0.4, -0.2) is 12.4 Å². The number of benzene rings is 2. The van der Waals surface area contributed by atoms with Gasteiger partial charge >= 0.3 is 0 Å². The van der Waals surface area contributed by atoms with Gasteiger partial charge < -0.3 is 9.47 Å². The number of ketones is 1. The summed E-state index contributed by atoms with van der Waals surface area (Å²) in [4.78, 5) is 12.4. The summed E-state index contributed by atoms with van der Waals surface area (Å²) in [6.07, 6.45) is 3.27. The molecule has 0 atom stereocenters. The molecular weight excluding hydrogens is 343 g/mol. The van der Waals surface area contributed by atoms with E-state index in [9.17, 15) is 9.18 Å². The van der Waals surface area contributed by atoms with Crippen LogP contribution in [0.2, 0.25) is 5.02 Å². The van der Waals surface area contributed by atoms with E-state index >= 15 is 0 Å². The summed E-state index contributed by atoms with van der Waals surface area (Å²) in [5, 5.41) is 0.214. The molecule has 0 unspecified atom stereocenters. The summed E-state index contributed by atoms with van der Waals surface area (Å²) in [6.45, 7) is 4.40. The largest absolute Gasteiger partial charge is 0.489 e.